The minimum atomic E-state index is -1.63. The zero-order valence-corrected chi connectivity index (χ0v) is 42.0. The monoisotopic (exact) mass is 942 g/mol. The van der Waals surface area contributed by atoms with Crippen molar-refractivity contribution in [2.45, 2.75) is 243 Å². The maximum absolute atomic E-state index is 13.3. The number of ether oxygens (including phenoxy) is 3. The highest BCUT2D eigenvalue weighted by Gasteiger charge is 2.47. The van der Waals surface area contributed by atoms with Gasteiger partial charge in [-0.05, 0) is 70.6 Å². The first-order chi connectivity index (χ1) is 32.7. The molecule has 1 aliphatic rings. The molecule has 0 aromatic rings. The molecule has 1 amide bonds. The maximum atomic E-state index is 13.3. The Kier molecular flexibility index (Phi) is 40.7. The fourth-order valence-corrected chi connectivity index (χ4v) is 7.70. The molecule has 0 spiro atoms. The molecule has 0 aliphatic carbocycles. The third-order valence-electron chi connectivity index (χ3n) is 11.9. The van der Waals surface area contributed by atoms with Gasteiger partial charge in [0.05, 0.1) is 25.4 Å². The van der Waals surface area contributed by atoms with Gasteiger partial charge in [0.2, 0.25) is 5.91 Å². The highest BCUT2D eigenvalue weighted by molar-refractivity contribution is 5.80. The Hall–Kier alpha value is -3.16. The largest absolute Gasteiger partial charge is 0.454 e. The number of amides is 1. The molecule has 0 aromatic carbocycles. The van der Waals surface area contributed by atoms with Crippen molar-refractivity contribution < 1.29 is 49.3 Å². The number of esters is 1. The van der Waals surface area contributed by atoms with Crippen molar-refractivity contribution in [3.05, 3.63) is 85.1 Å². The van der Waals surface area contributed by atoms with Crippen molar-refractivity contribution in [2.75, 3.05) is 13.2 Å². The molecule has 11 heteroatoms. The minimum Gasteiger partial charge on any atom is -0.454 e. The predicted octanol–water partition coefficient (Wildman–Crippen LogP) is 11.0. The number of nitrogens with one attached hydrogen (secondary N) is 1. The summed E-state index contributed by atoms with van der Waals surface area (Å²) in [6.07, 6.45) is 44.9. The van der Waals surface area contributed by atoms with Crippen LogP contribution in [-0.2, 0) is 23.8 Å². The zero-order chi connectivity index (χ0) is 49.0. The lowest BCUT2D eigenvalue weighted by molar-refractivity contribution is -0.305. The fraction of sp³-hybridized carbons (Fsp3) is 0.714. The summed E-state index contributed by atoms with van der Waals surface area (Å²) in [5.41, 5.74) is 0. The van der Waals surface area contributed by atoms with E-state index >= 15 is 0 Å². The summed E-state index contributed by atoms with van der Waals surface area (Å²) >= 11 is 0. The van der Waals surface area contributed by atoms with Crippen LogP contribution in [-0.4, -0.2) is 99.6 Å². The van der Waals surface area contributed by atoms with E-state index in [0.29, 0.717) is 12.8 Å². The van der Waals surface area contributed by atoms with Gasteiger partial charge in [0.1, 0.15) is 24.4 Å². The quantitative estimate of drug-likeness (QED) is 0.0150. The van der Waals surface area contributed by atoms with Crippen molar-refractivity contribution in [1.82, 2.24) is 5.32 Å². The number of allylic oxidation sites excluding steroid dienone is 13. The second-order valence-electron chi connectivity index (χ2n) is 17.9. The molecule has 1 heterocycles. The summed E-state index contributed by atoms with van der Waals surface area (Å²) in [5.74, 6) is -1.25. The summed E-state index contributed by atoms with van der Waals surface area (Å²) in [4.78, 5) is 26.3. The van der Waals surface area contributed by atoms with Crippen LogP contribution in [0.15, 0.2) is 85.1 Å². The Morgan fingerprint density at radius 2 is 1.15 bits per heavy atom. The molecule has 8 unspecified atom stereocenters. The van der Waals surface area contributed by atoms with Crippen LogP contribution >= 0.6 is 0 Å². The molecule has 67 heavy (non-hydrogen) atoms. The van der Waals surface area contributed by atoms with Crippen molar-refractivity contribution in [3.63, 3.8) is 0 Å². The lowest BCUT2D eigenvalue weighted by atomic mass is 9.99. The molecule has 1 saturated heterocycles. The summed E-state index contributed by atoms with van der Waals surface area (Å²) in [6.45, 7) is 5.47. The number of carbonyl (C=O) groups excluding carboxylic acids is 2. The number of hydrogen-bond acceptors (Lipinski definition) is 10. The van der Waals surface area contributed by atoms with Gasteiger partial charge in [-0.3, -0.25) is 9.59 Å². The van der Waals surface area contributed by atoms with Gasteiger partial charge in [-0.2, -0.15) is 0 Å². The summed E-state index contributed by atoms with van der Waals surface area (Å²) in [7, 11) is 0. The Balaban J connectivity index is 2.82. The van der Waals surface area contributed by atoms with E-state index in [9.17, 15) is 35.1 Å². The zero-order valence-electron chi connectivity index (χ0n) is 42.0. The third kappa shape index (κ3) is 33.1. The molecular formula is C56H95NO10. The van der Waals surface area contributed by atoms with Crippen molar-refractivity contribution in [2.24, 2.45) is 0 Å². The van der Waals surface area contributed by atoms with E-state index in [1.54, 1.807) is 6.08 Å². The molecule has 384 valence electrons. The first-order valence-electron chi connectivity index (χ1n) is 26.4. The van der Waals surface area contributed by atoms with E-state index in [2.05, 4.69) is 62.5 Å². The van der Waals surface area contributed by atoms with E-state index < -0.39 is 67.4 Å². The Morgan fingerprint density at radius 3 is 1.78 bits per heavy atom. The van der Waals surface area contributed by atoms with Crippen LogP contribution in [0, 0.1) is 0 Å². The van der Waals surface area contributed by atoms with Gasteiger partial charge in [0, 0.05) is 6.42 Å². The number of carbonyl (C=O) groups is 2. The molecular weight excluding hydrogens is 847 g/mol. The summed E-state index contributed by atoms with van der Waals surface area (Å²) in [6, 6.07) is -1.04. The van der Waals surface area contributed by atoms with E-state index in [1.165, 1.54) is 44.9 Å². The SMILES string of the molecule is CC/C=C/C=C/C=C\C=C/CCCCCC(=O)OC1C(OCC(NC(=O)C(O)CCCCCCCC/C=C/C/C=C/CC)C(O)/C=C/CCCCCCCCCCCC)OC(CO)C(O)C1O. The van der Waals surface area contributed by atoms with Crippen LogP contribution in [0.1, 0.15) is 194 Å². The summed E-state index contributed by atoms with van der Waals surface area (Å²) in [5, 5.41) is 56.6. The van der Waals surface area contributed by atoms with Crippen LogP contribution in [0.4, 0.5) is 0 Å². The Morgan fingerprint density at radius 1 is 0.612 bits per heavy atom. The molecule has 0 radical (unpaired) electrons. The lowest BCUT2D eigenvalue weighted by Gasteiger charge is -2.41. The molecule has 1 aliphatic heterocycles. The Labute approximate surface area is 406 Å². The third-order valence-corrected chi connectivity index (χ3v) is 11.9. The molecule has 0 bridgehead atoms. The first kappa shape index (κ1) is 61.9. The van der Waals surface area contributed by atoms with Crippen LogP contribution in [0.2, 0.25) is 0 Å². The molecule has 1 rings (SSSR count). The van der Waals surface area contributed by atoms with Crippen LogP contribution in [0.25, 0.3) is 0 Å². The van der Waals surface area contributed by atoms with Crippen LogP contribution in [0.5, 0.6) is 0 Å². The van der Waals surface area contributed by atoms with Crippen LogP contribution in [0.3, 0.4) is 0 Å². The average molecular weight is 942 g/mol. The van der Waals surface area contributed by atoms with Gasteiger partial charge in [-0.1, -0.05) is 202 Å². The smallest absolute Gasteiger partial charge is 0.306 e. The molecule has 1 fully saturated rings. The van der Waals surface area contributed by atoms with Gasteiger partial charge in [0.15, 0.2) is 12.4 Å². The molecule has 11 nitrogen and oxygen atoms in total. The normalized spacial score (nSPS) is 20.7. The highest BCUT2D eigenvalue weighted by atomic mass is 16.7. The molecule has 0 saturated carbocycles. The maximum Gasteiger partial charge on any atom is 0.306 e. The number of unbranched alkanes of at least 4 members (excludes halogenated alkanes) is 19. The second kappa shape index (κ2) is 44.1. The van der Waals surface area contributed by atoms with Gasteiger partial charge in [0.25, 0.3) is 0 Å². The van der Waals surface area contributed by atoms with Gasteiger partial charge >= 0.3 is 5.97 Å². The standard InChI is InChI=1S/C56H95NO10/c1-4-7-10-13-16-19-22-25-28-31-34-37-40-43-49(60)55(64)57-47(48(59)42-39-36-33-30-27-24-21-18-15-12-9-6-3)46-65-56-54(53(63)52(62)50(45-58)66-56)67-51(61)44-41-38-35-32-29-26-23-20-17-14-11-8-5-2/h7-8,10-11,14,16-17,19-20,23,26,29,39,42,47-50,52-54,56,58-60,62-63H,4-6,9,12-13,15,18,21-22,24-25,27-28,30-38,40-41,43-46H2,1-3H3,(H,57,64)/b10-7+,11-8+,17-14+,19-16+,23-20-,29-26-,42-39+. The van der Waals surface area contributed by atoms with Crippen molar-refractivity contribution in [1.29, 1.82) is 0 Å². The average Bonchev–Trinajstić information content (AvgIpc) is 3.32. The first-order valence-corrected chi connectivity index (χ1v) is 26.4. The van der Waals surface area contributed by atoms with E-state index in [4.69, 9.17) is 14.2 Å². The fourth-order valence-electron chi connectivity index (χ4n) is 7.70. The topological polar surface area (TPSA) is 175 Å². The molecule has 0 aromatic heterocycles. The van der Waals surface area contributed by atoms with Crippen molar-refractivity contribution in [3.8, 4) is 0 Å². The molecule has 8 atom stereocenters. The Bertz CT molecular complexity index is 1410. The van der Waals surface area contributed by atoms with E-state index in [1.807, 2.05) is 42.5 Å². The number of aliphatic hydroxyl groups is 5. The number of hydrogen-bond donors (Lipinski definition) is 6. The highest BCUT2D eigenvalue weighted by Crippen LogP contribution is 2.26. The van der Waals surface area contributed by atoms with Crippen molar-refractivity contribution >= 4 is 11.9 Å². The van der Waals surface area contributed by atoms with Gasteiger partial charge in [-0.15, -0.1) is 0 Å². The van der Waals surface area contributed by atoms with Crippen LogP contribution < -0.4 is 5.32 Å². The van der Waals surface area contributed by atoms with Gasteiger partial charge in [-0.25, -0.2) is 0 Å². The summed E-state index contributed by atoms with van der Waals surface area (Å²) < 4.78 is 17.5. The van der Waals surface area contributed by atoms with E-state index in [0.717, 1.165) is 103 Å². The molecule has 6 N–H and O–H groups in total. The lowest BCUT2D eigenvalue weighted by Crippen LogP contribution is -2.61. The van der Waals surface area contributed by atoms with Gasteiger partial charge < -0.3 is 45.1 Å². The predicted molar refractivity (Wildman–Crippen MR) is 273 cm³/mol. The number of rotatable bonds is 42. The second-order valence-corrected chi connectivity index (χ2v) is 17.9. The minimum absolute atomic E-state index is 0.0727. The number of aliphatic hydroxyl groups excluding tert-OH is 5. The van der Waals surface area contributed by atoms with E-state index in [-0.39, 0.29) is 19.4 Å².